The van der Waals surface area contributed by atoms with Crippen molar-refractivity contribution in [1.82, 2.24) is 10.2 Å². The molecule has 0 fully saturated rings. The summed E-state index contributed by atoms with van der Waals surface area (Å²) in [6.45, 7) is 7.78. The highest BCUT2D eigenvalue weighted by molar-refractivity contribution is 5.97. The van der Waals surface area contributed by atoms with E-state index >= 15 is 0 Å². The van der Waals surface area contributed by atoms with Crippen LogP contribution in [0.15, 0.2) is 42.2 Å². The summed E-state index contributed by atoms with van der Waals surface area (Å²) in [5.41, 5.74) is 3.92. The van der Waals surface area contributed by atoms with Gasteiger partial charge in [-0.05, 0) is 17.5 Å². The quantitative estimate of drug-likeness (QED) is 0.646. The number of aromatic amines is 1. The molecule has 0 saturated carbocycles. The van der Waals surface area contributed by atoms with Gasteiger partial charge < -0.3 is 9.64 Å². The first-order chi connectivity index (χ1) is 12.7. The van der Waals surface area contributed by atoms with Crippen molar-refractivity contribution >= 4 is 17.4 Å². The Morgan fingerprint density at radius 1 is 1.30 bits per heavy atom. The predicted octanol–water partition coefficient (Wildman–Crippen LogP) is 3.57. The molecule has 27 heavy (non-hydrogen) atoms. The third-order valence-corrected chi connectivity index (χ3v) is 5.05. The Labute approximate surface area is 159 Å². The van der Waals surface area contributed by atoms with Gasteiger partial charge in [-0.25, -0.2) is 4.79 Å². The second-order valence-corrected chi connectivity index (χ2v) is 7.63. The summed E-state index contributed by atoms with van der Waals surface area (Å²) < 4.78 is 5.22. The van der Waals surface area contributed by atoms with Crippen molar-refractivity contribution in [3.63, 3.8) is 0 Å². The molecular formula is C21H25N3O3. The molecular weight excluding hydrogens is 342 g/mol. The molecule has 1 aromatic heterocycles. The van der Waals surface area contributed by atoms with Crippen LogP contribution in [-0.2, 0) is 14.9 Å². The first-order valence-electron chi connectivity index (χ1n) is 9.02. The van der Waals surface area contributed by atoms with Crippen molar-refractivity contribution in [2.45, 2.75) is 39.0 Å². The SMILES string of the molecule is CC(C)c1[nH]ncc1C(=O)OCC(=O)/C=C1/N(C)c2ccccc2C1(C)C. The molecule has 0 saturated heterocycles. The molecule has 2 aromatic rings. The lowest BCUT2D eigenvalue weighted by Crippen LogP contribution is -2.25. The van der Waals surface area contributed by atoms with E-state index in [1.807, 2.05) is 44.0 Å². The van der Waals surface area contributed by atoms with E-state index in [1.165, 1.54) is 11.8 Å². The van der Waals surface area contributed by atoms with Crippen molar-refractivity contribution in [3.05, 3.63) is 59.1 Å². The molecule has 0 atom stereocenters. The number of aromatic nitrogens is 2. The number of nitrogens with one attached hydrogen (secondary N) is 1. The third kappa shape index (κ3) is 3.39. The van der Waals surface area contributed by atoms with E-state index in [0.29, 0.717) is 11.3 Å². The van der Waals surface area contributed by atoms with E-state index < -0.39 is 5.97 Å². The maximum absolute atomic E-state index is 12.5. The molecule has 0 unspecified atom stereocenters. The van der Waals surface area contributed by atoms with Crippen molar-refractivity contribution in [2.75, 3.05) is 18.6 Å². The summed E-state index contributed by atoms with van der Waals surface area (Å²) in [5, 5.41) is 6.70. The molecule has 142 valence electrons. The standard InChI is InChI=1S/C21H25N3O3/c1-13(2)19-15(11-22-23-19)20(26)27-12-14(25)10-18-21(3,4)16-8-6-7-9-17(16)24(18)5/h6-11,13H,12H2,1-5H3,(H,22,23)/b18-10+. The predicted molar refractivity (Wildman–Crippen MR) is 104 cm³/mol. The Hall–Kier alpha value is -2.89. The van der Waals surface area contributed by atoms with Gasteiger partial charge in [-0.15, -0.1) is 0 Å². The number of carbonyl (C=O) groups excluding carboxylic acids is 2. The number of para-hydroxylation sites is 1. The van der Waals surface area contributed by atoms with Gasteiger partial charge in [-0.2, -0.15) is 5.10 Å². The molecule has 6 heteroatoms. The maximum Gasteiger partial charge on any atom is 0.342 e. The van der Waals surface area contributed by atoms with Gasteiger partial charge in [0.2, 0.25) is 0 Å². The molecule has 0 aliphatic carbocycles. The van der Waals surface area contributed by atoms with Gasteiger partial charge >= 0.3 is 5.97 Å². The van der Waals surface area contributed by atoms with Gasteiger partial charge in [0.1, 0.15) is 5.56 Å². The molecule has 0 amide bonds. The fraction of sp³-hybridized carbons (Fsp3) is 0.381. The number of anilines is 1. The van der Waals surface area contributed by atoms with Crippen molar-refractivity contribution in [3.8, 4) is 0 Å². The van der Waals surface area contributed by atoms with Crippen LogP contribution in [0.5, 0.6) is 0 Å². The molecule has 2 heterocycles. The van der Waals surface area contributed by atoms with Gasteiger partial charge in [0.15, 0.2) is 12.4 Å². The number of carbonyl (C=O) groups is 2. The molecule has 1 aliphatic heterocycles. The van der Waals surface area contributed by atoms with Crippen LogP contribution in [0.2, 0.25) is 0 Å². The molecule has 3 rings (SSSR count). The number of hydrogen-bond acceptors (Lipinski definition) is 5. The van der Waals surface area contributed by atoms with Crippen LogP contribution in [0.3, 0.4) is 0 Å². The number of esters is 1. The second-order valence-electron chi connectivity index (χ2n) is 7.63. The van der Waals surface area contributed by atoms with Crippen molar-refractivity contribution < 1.29 is 14.3 Å². The molecule has 6 nitrogen and oxygen atoms in total. The molecule has 0 spiro atoms. The minimum Gasteiger partial charge on any atom is -0.454 e. The van der Waals surface area contributed by atoms with Crippen LogP contribution in [0.4, 0.5) is 5.69 Å². The molecule has 1 aromatic carbocycles. The lowest BCUT2D eigenvalue weighted by atomic mass is 9.83. The van der Waals surface area contributed by atoms with E-state index in [4.69, 9.17) is 4.74 Å². The number of ketones is 1. The zero-order chi connectivity index (χ0) is 19.8. The van der Waals surface area contributed by atoms with Crippen LogP contribution in [0.25, 0.3) is 0 Å². The highest BCUT2D eigenvalue weighted by Crippen LogP contribution is 2.46. The highest BCUT2D eigenvalue weighted by atomic mass is 16.5. The van der Waals surface area contributed by atoms with Gasteiger partial charge in [0.05, 0.1) is 11.9 Å². The van der Waals surface area contributed by atoms with Crippen molar-refractivity contribution in [1.29, 1.82) is 0 Å². The number of H-pyrrole nitrogens is 1. The Bertz CT molecular complexity index is 909. The number of benzene rings is 1. The third-order valence-electron chi connectivity index (χ3n) is 5.05. The summed E-state index contributed by atoms with van der Waals surface area (Å²) in [6.07, 6.45) is 3.01. The Morgan fingerprint density at radius 2 is 2.00 bits per heavy atom. The van der Waals surface area contributed by atoms with Crippen molar-refractivity contribution in [2.24, 2.45) is 0 Å². The average molecular weight is 367 g/mol. The van der Waals surface area contributed by atoms with Gasteiger partial charge in [0.25, 0.3) is 0 Å². The summed E-state index contributed by atoms with van der Waals surface area (Å²) in [5.74, 6) is -0.679. The van der Waals surface area contributed by atoms with E-state index in [2.05, 4.69) is 30.1 Å². The normalized spacial score (nSPS) is 16.7. The summed E-state index contributed by atoms with van der Waals surface area (Å²) in [6, 6.07) is 8.09. The number of allylic oxidation sites excluding steroid dienone is 1. The number of rotatable bonds is 5. The van der Waals surface area contributed by atoms with Gasteiger partial charge in [-0.1, -0.05) is 45.9 Å². The molecule has 1 N–H and O–H groups in total. The average Bonchev–Trinajstić information content (AvgIpc) is 3.19. The van der Waals surface area contributed by atoms with Crippen LogP contribution in [0, 0.1) is 0 Å². The Kier molecular flexibility index (Phi) is 4.91. The zero-order valence-electron chi connectivity index (χ0n) is 16.4. The van der Waals surface area contributed by atoms with E-state index in [9.17, 15) is 9.59 Å². The maximum atomic E-state index is 12.5. The topological polar surface area (TPSA) is 75.3 Å². The lowest BCUT2D eigenvalue weighted by molar-refractivity contribution is -0.117. The first-order valence-corrected chi connectivity index (χ1v) is 9.02. The number of ether oxygens (including phenoxy) is 1. The molecule has 1 aliphatic rings. The van der Waals surface area contributed by atoms with E-state index in [-0.39, 0.29) is 23.7 Å². The van der Waals surface area contributed by atoms with Crippen LogP contribution < -0.4 is 4.90 Å². The van der Waals surface area contributed by atoms with Gasteiger partial charge in [0, 0.05) is 29.9 Å². The summed E-state index contributed by atoms with van der Waals surface area (Å²) in [7, 11) is 1.94. The minimum atomic E-state index is -0.540. The number of hydrogen-bond donors (Lipinski definition) is 1. The zero-order valence-corrected chi connectivity index (χ0v) is 16.4. The first kappa shape index (κ1) is 18.9. The van der Waals surface area contributed by atoms with E-state index in [0.717, 1.165) is 11.4 Å². The number of nitrogens with zero attached hydrogens (tertiary/aromatic N) is 2. The van der Waals surface area contributed by atoms with Crippen LogP contribution >= 0.6 is 0 Å². The summed E-state index contributed by atoms with van der Waals surface area (Å²) in [4.78, 5) is 26.8. The molecule has 0 radical (unpaired) electrons. The summed E-state index contributed by atoms with van der Waals surface area (Å²) >= 11 is 0. The molecule has 0 bridgehead atoms. The van der Waals surface area contributed by atoms with E-state index in [1.54, 1.807) is 6.08 Å². The number of likely N-dealkylation sites (N-methyl/N-ethyl adjacent to an activating group) is 1. The van der Waals surface area contributed by atoms with Crippen LogP contribution in [0.1, 0.15) is 55.2 Å². The fourth-order valence-corrected chi connectivity index (χ4v) is 3.57. The smallest absolute Gasteiger partial charge is 0.342 e. The van der Waals surface area contributed by atoms with Crippen LogP contribution in [-0.4, -0.2) is 35.6 Å². The fourth-order valence-electron chi connectivity index (χ4n) is 3.57. The second kappa shape index (κ2) is 7.02. The Morgan fingerprint density at radius 3 is 2.67 bits per heavy atom. The monoisotopic (exact) mass is 367 g/mol. The number of fused-ring (bicyclic) bond motifs is 1. The lowest BCUT2D eigenvalue weighted by Gasteiger charge is -2.23. The Balaban J connectivity index is 1.72. The minimum absolute atomic E-state index is 0.110. The highest BCUT2D eigenvalue weighted by Gasteiger charge is 2.38. The largest absolute Gasteiger partial charge is 0.454 e. The van der Waals surface area contributed by atoms with Gasteiger partial charge in [-0.3, -0.25) is 9.89 Å².